The number of aliphatic hydroxyl groups excluding tert-OH is 1. The van der Waals surface area contributed by atoms with Gasteiger partial charge in [0.1, 0.15) is 24.0 Å². The second-order valence-corrected chi connectivity index (χ2v) is 11.2. The van der Waals surface area contributed by atoms with Gasteiger partial charge in [0, 0.05) is 7.05 Å². The van der Waals surface area contributed by atoms with Crippen LogP contribution in [0, 0.1) is 0 Å². The third-order valence-corrected chi connectivity index (χ3v) is 7.81. The summed E-state index contributed by atoms with van der Waals surface area (Å²) in [7, 11) is -2.70. The van der Waals surface area contributed by atoms with Gasteiger partial charge < -0.3 is 30.2 Å². The molecule has 2 aromatic heterocycles. The molecular weight excluding hydrogens is 560 g/mol. The van der Waals surface area contributed by atoms with Crippen LogP contribution in [0.5, 0.6) is 5.75 Å². The molecule has 0 radical (unpaired) electrons. The number of hydrogen-bond donors (Lipinski definition) is 4. The molecule has 0 unspecified atom stereocenters. The van der Waals surface area contributed by atoms with E-state index in [0.717, 1.165) is 6.08 Å². The van der Waals surface area contributed by atoms with Crippen molar-refractivity contribution in [2.75, 3.05) is 24.7 Å². The standard InChI is InChI=1S/C25H33FN7O7P/c1-6-25(26)19(34)17(39-23(25)33-13-29-18-20(28-5)30-24(27)31-21(18)33)12-37-41(36,40-16-10-8-7-9-11-16)32-15(4)22(35)38-14(2)3/h6-11,13-15,17,19,23,34H,1,12H2,2-5H3,(H,32,36)(H3,27,28,30,31)/t15-,17-,19-,23-,25-,41-/m1/s1. The van der Waals surface area contributed by atoms with Crippen molar-refractivity contribution < 1.29 is 37.4 Å². The zero-order valence-electron chi connectivity index (χ0n) is 22.9. The third-order valence-electron chi connectivity index (χ3n) is 6.16. The number of alkyl halides is 1. The fourth-order valence-electron chi connectivity index (χ4n) is 4.19. The molecule has 1 aliphatic rings. The number of fused-ring (bicyclic) bond motifs is 1. The Morgan fingerprint density at radius 3 is 2.68 bits per heavy atom. The molecule has 1 saturated heterocycles. The number of nitrogen functional groups attached to an aromatic ring is 1. The summed E-state index contributed by atoms with van der Waals surface area (Å²) in [4.78, 5) is 24.8. The molecule has 0 saturated carbocycles. The second kappa shape index (κ2) is 12.1. The number of rotatable bonds is 12. The number of esters is 1. The van der Waals surface area contributed by atoms with Gasteiger partial charge in [-0.05, 0) is 39.0 Å². The summed E-state index contributed by atoms with van der Waals surface area (Å²) in [6.45, 7) is 7.69. The lowest BCUT2D eigenvalue weighted by atomic mass is 9.96. The number of benzene rings is 1. The molecule has 222 valence electrons. The van der Waals surface area contributed by atoms with Crippen LogP contribution in [0.2, 0.25) is 0 Å². The summed E-state index contributed by atoms with van der Waals surface area (Å²) in [5.74, 6) is -0.309. The van der Waals surface area contributed by atoms with E-state index < -0.39 is 56.6 Å². The molecule has 0 aliphatic carbocycles. The predicted octanol–water partition coefficient (Wildman–Crippen LogP) is 2.74. The maximum atomic E-state index is 16.3. The SMILES string of the molecule is C=C[C@@]1(F)[C@H](O)[C@@H](CO[P@](=O)(N[C@H](C)C(=O)OC(C)C)Oc2ccccc2)O[C@H]1n1cnc2c(NC)nc(N)nc21. The van der Waals surface area contributed by atoms with E-state index in [9.17, 15) is 14.5 Å². The minimum atomic E-state index is -4.31. The number of carbonyl (C=O) groups is 1. The van der Waals surface area contributed by atoms with Gasteiger partial charge in [-0.3, -0.25) is 13.9 Å². The second-order valence-electron chi connectivity index (χ2n) is 9.54. The van der Waals surface area contributed by atoms with Crippen LogP contribution in [0.4, 0.5) is 16.2 Å². The number of nitrogens with two attached hydrogens (primary N) is 1. The van der Waals surface area contributed by atoms with Crippen molar-refractivity contribution in [3.63, 3.8) is 0 Å². The normalized spacial score (nSPS) is 24.6. The highest BCUT2D eigenvalue weighted by molar-refractivity contribution is 7.52. The van der Waals surface area contributed by atoms with Crippen molar-refractivity contribution in [1.82, 2.24) is 24.6 Å². The van der Waals surface area contributed by atoms with Gasteiger partial charge in [-0.25, -0.2) is 13.9 Å². The number of aliphatic hydroxyl groups is 1. The monoisotopic (exact) mass is 593 g/mol. The number of imidazole rings is 1. The van der Waals surface area contributed by atoms with Crippen LogP contribution in [-0.4, -0.2) is 74.3 Å². The van der Waals surface area contributed by atoms with E-state index >= 15 is 4.39 Å². The maximum absolute atomic E-state index is 16.3. The highest BCUT2D eigenvalue weighted by Gasteiger charge is 2.57. The predicted molar refractivity (Wildman–Crippen MR) is 148 cm³/mol. The number of ether oxygens (including phenoxy) is 2. The molecule has 4 rings (SSSR count). The molecule has 5 N–H and O–H groups in total. The molecule has 1 aromatic carbocycles. The molecule has 1 fully saturated rings. The minimum absolute atomic E-state index is 0.0970. The largest absolute Gasteiger partial charge is 0.462 e. The highest BCUT2D eigenvalue weighted by atomic mass is 31.2. The van der Waals surface area contributed by atoms with Crippen LogP contribution in [-0.2, 0) is 23.4 Å². The van der Waals surface area contributed by atoms with Gasteiger partial charge >= 0.3 is 13.7 Å². The van der Waals surface area contributed by atoms with E-state index in [2.05, 4.69) is 31.9 Å². The number of aromatic nitrogens is 4. The van der Waals surface area contributed by atoms with Crippen molar-refractivity contribution >= 4 is 36.6 Å². The molecule has 0 bridgehead atoms. The van der Waals surface area contributed by atoms with Gasteiger partial charge in [0.2, 0.25) is 11.6 Å². The summed E-state index contributed by atoms with van der Waals surface area (Å²) in [6.07, 6.45) is -2.93. The number of halogens is 1. The van der Waals surface area contributed by atoms with Crippen LogP contribution in [0.25, 0.3) is 11.2 Å². The van der Waals surface area contributed by atoms with Gasteiger partial charge in [-0.2, -0.15) is 15.1 Å². The summed E-state index contributed by atoms with van der Waals surface area (Å²) >= 11 is 0. The van der Waals surface area contributed by atoms with E-state index in [4.69, 9.17) is 24.3 Å². The van der Waals surface area contributed by atoms with Gasteiger partial charge in [0.15, 0.2) is 23.2 Å². The number of para-hydroxylation sites is 1. The Balaban J connectivity index is 1.59. The molecule has 3 heterocycles. The lowest BCUT2D eigenvalue weighted by molar-refractivity contribution is -0.149. The maximum Gasteiger partial charge on any atom is 0.459 e. The summed E-state index contributed by atoms with van der Waals surface area (Å²) in [5.41, 5.74) is 3.70. The number of nitrogens with one attached hydrogen (secondary N) is 2. The van der Waals surface area contributed by atoms with Crippen molar-refractivity contribution in [2.45, 2.75) is 57.0 Å². The molecule has 16 heteroatoms. The fourth-order valence-corrected chi connectivity index (χ4v) is 5.69. The quantitative estimate of drug-likeness (QED) is 0.137. The Labute approximate surface area is 235 Å². The lowest BCUT2D eigenvalue weighted by Gasteiger charge is -2.26. The first-order valence-electron chi connectivity index (χ1n) is 12.7. The Bertz CT molecular complexity index is 1440. The van der Waals surface area contributed by atoms with Crippen molar-refractivity contribution in [3.8, 4) is 5.75 Å². The third kappa shape index (κ3) is 6.34. The Hall–Kier alpha value is -3.62. The topological polar surface area (TPSA) is 185 Å². The fraction of sp³-hybridized carbons (Fsp3) is 0.440. The van der Waals surface area contributed by atoms with Gasteiger partial charge in [-0.1, -0.05) is 24.8 Å². The summed E-state index contributed by atoms with van der Waals surface area (Å²) in [5, 5.41) is 16.4. The zero-order chi connectivity index (χ0) is 29.9. The molecule has 14 nitrogen and oxygen atoms in total. The van der Waals surface area contributed by atoms with Crippen molar-refractivity contribution in [3.05, 3.63) is 49.3 Å². The first-order chi connectivity index (χ1) is 19.4. The van der Waals surface area contributed by atoms with Crippen molar-refractivity contribution in [1.29, 1.82) is 0 Å². The van der Waals surface area contributed by atoms with Crippen LogP contribution < -0.4 is 20.7 Å². The highest BCUT2D eigenvalue weighted by Crippen LogP contribution is 2.48. The van der Waals surface area contributed by atoms with E-state index in [1.807, 2.05) is 0 Å². The van der Waals surface area contributed by atoms with Crippen LogP contribution in [0.15, 0.2) is 49.3 Å². The number of carbonyl (C=O) groups excluding carboxylic acids is 1. The smallest absolute Gasteiger partial charge is 0.459 e. The van der Waals surface area contributed by atoms with Gasteiger partial charge in [0.05, 0.1) is 19.0 Å². The van der Waals surface area contributed by atoms with Crippen LogP contribution in [0.3, 0.4) is 0 Å². The summed E-state index contributed by atoms with van der Waals surface area (Å²) in [6, 6.07) is 6.99. The van der Waals surface area contributed by atoms with E-state index in [1.54, 1.807) is 39.1 Å². The van der Waals surface area contributed by atoms with E-state index in [1.165, 1.54) is 30.0 Å². The molecule has 1 aliphatic heterocycles. The number of hydrogen-bond acceptors (Lipinski definition) is 12. The first-order valence-corrected chi connectivity index (χ1v) is 14.3. The van der Waals surface area contributed by atoms with E-state index in [-0.39, 0.29) is 22.9 Å². The lowest BCUT2D eigenvalue weighted by Crippen LogP contribution is -2.42. The molecule has 0 spiro atoms. The molecule has 0 amide bonds. The zero-order valence-corrected chi connectivity index (χ0v) is 23.8. The molecule has 41 heavy (non-hydrogen) atoms. The minimum Gasteiger partial charge on any atom is -0.462 e. The Kier molecular flexibility index (Phi) is 8.94. The summed E-state index contributed by atoms with van der Waals surface area (Å²) < 4.78 is 53.6. The van der Waals surface area contributed by atoms with Crippen LogP contribution >= 0.6 is 7.75 Å². The van der Waals surface area contributed by atoms with Crippen molar-refractivity contribution in [2.24, 2.45) is 0 Å². The average Bonchev–Trinajstić information content (AvgIpc) is 3.45. The van der Waals surface area contributed by atoms with Gasteiger partial charge in [-0.15, -0.1) is 0 Å². The molecule has 3 aromatic rings. The van der Waals surface area contributed by atoms with E-state index in [0.29, 0.717) is 5.82 Å². The first kappa shape index (κ1) is 30.3. The number of nitrogens with zero attached hydrogens (tertiary/aromatic N) is 4. The van der Waals surface area contributed by atoms with Gasteiger partial charge in [0.25, 0.3) is 0 Å². The molecule has 6 atom stereocenters. The Morgan fingerprint density at radius 2 is 2.05 bits per heavy atom. The number of anilines is 2. The van der Waals surface area contributed by atoms with Crippen LogP contribution in [0.1, 0.15) is 27.0 Å². The average molecular weight is 594 g/mol. The Morgan fingerprint density at radius 1 is 1.34 bits per heavy atom. The molecular formula is C25H33FN7O7P.